The zero-order valence-electron chi connectivity index (χ0n) is 18.6. The Bertz CT molecular complexity index is 930. The summed E-state index contributed by atoms with van der Waals surface area (Å²) in [6, 6.07) is 3.81. The third-order valence-electron chi connectivity index (χ3n) is 6.34. The van der Waals surface area contributed by atoms with Crippen LogP contribution in [0, 0.1) is 6.92 Å². The molecule has 0 unspecified atom stereocenters. The fourth-order valence-electron chi connectivity index (χ4n) is 4.56. The van der Waals surface area contributed by atoms with Gasteiger partial charge in [-0.1, -0.05) is 0 Å². The van der Waals surface area contributed by atoms with Crippen LogP contribution in [0.25, 0.3) is 0 Å². The van der Waals surface area contributed by atoms with Crippen molar-refractivity contribution in [1.82, 2.24) is 24.6 Å². The van der Waals surface area contributed by atoms with Crippen LogP contribution in [-0.2, 0) is 18.3 Å². The van der Waals surface area contributed by atoms with E-state index >= 15 is 0 Å². The van der Waals surface area contributed by atoms with E-state index in [0.29, 0.717) is 43.6 Å². The molecule has 4 rings (SSSR count). The molecule has 0 spiro atoms. The Balaban J connectivity index is 1.38. The lowest BCUT2D eigenvalue weighted by Gasteiger charge is -2.32. The number of methoxy groups -OCH3 is 1. The van der Waals surface area contributed by atoms with Crippen LogP contribution in [0.2, 0.25) is 0 Å². The molecule has 4 heterocycles. The molecule has 0 aromatic carbocycles. The van der Waals surface area contributed by atoms with Crippen LogP contribution in [0.3, 0.4) is 0 Å². The first-order valence-electron chi connectivity index (χ1n) is 10.9. The molecule has 0 radical (unpaired) electrons. The van der Waals surface area contributed by atoms with E-state index in [-0.39, 0.29) is 5.91 Å². The number of likely N-dealkylation sites (tertiary alicyclic amines) is 1. The van der Waals surface area contributed by atoms with Gasteiger partial charge in [-0.25, -0.2) is 9.67 Å². The number of rotatable bonds is 5. The first-order chi connectivity index (χ1) is 15.0. The molecule has 2 fully saturated rings. The van der Waals surface area contributed by atoms with E-state index in [1.54, 1.807) is 16.7 Å². The van der Waals surface area contributed by atoms with Crippen molar-refractivity contribution in [2.24, 2.45) is 7.05 Å². The molecule has 9 heteroatoms. The maximum atomic E-state index is 12.7. The fraction of sp³-hybridized carbons (Fsp3) is 0.591. The molecule has 1 amide bonds. The summed E-state index contributed by atoms with van der Waals surface area (Å²) in [5.41, 5.74) is 9.82. The monoisotopic (exact) mass is 428 g/mol. The SMILES string of the molecule is COc1c(CN2CCC(c3ccc(C(=O)N4CCOCC4)c(N)n3)CC2)c(C)nn1C. The maximum absolute atomic E-state index is 12.7. The molecule has 0 saturated carbocycles. The Hall–Kier alpha value is -2.65. The topological polar surface area (TPSA) is 98.7 Å². The molecular formula is C22H32N6O3. The van der Waals surface area contributed by atoms with Gasteiger partial charge in [0.1, 0.15) is 5.82 Å². The van der Waals surface area contributed by atoms with Gasteiger partial charge in [-0.15, -0.1) is 0 Å². The number of piperidine rings is 1. The van der Waals surface area contributed by atoms with Crippen LogP contribution in [0.1, 0.15) is 46.1 Å². The summed E-state index contributed by atoms with van der Waals surface area (Å²) in [7, 11) is 3.60. The second-order valence-electron chi connectivity index (χ2n) is 8.32. The van der Waals surface area contributed by atoms with E-state index in [0.717, 1.165) is 55.3 Å². The van der Waals surface area contributed by atoms with Gasteiger partial charge in [-0.2, -0.15) is 5.10 Å². The number of carbonyl (C=O) groups excluding carboxylic acids is 1. The second-order valence-corrected chi connectivity index (χ2v) is 8.32. The number of morpholine rings is 1. The largest absolute Gasteiger partial charge is 0.481 e. The number of nitrogen functional groups attached to an aromatic ring is 1. The van der Waals surface area contributed by atoms with Gasteiger partial charge < -0.3 is 20.1 Å². The van der Waals surface area contributed by atoms with Gasteiger partial charge in [0.2, 0.25) is 5.88 Å². The lowest BCUT2D eigenvalue weighted by molar-refractivity contribution is 0.0303. The minimum absolute atomic E-state index is 0.0598. The lowest BCUT2D eigenvalue weighted by atomic mass is 9.92. The molecule has 2 saturated heterocycles. The zero-order chi connectivity index (χ0) is 22.0. The fourth-order valence-corrected chi connectivity index (χ4v) is 4.56. The van der Waals surface area contributed by atoms with Crippen molar-refractivity contribution in [3.05, 3.63) is 34.6 Å². The van der Waals surface area contributed by atoms with Crippen molar-refractivity contribution < 1.29 is 14.3 Å². The molecule has 0 atom stereocenters. The highest BCUT2D eigenvalue weighted by atomic mass is 16.5. The number of pyridine rings is 1. The van der Waals surface area contributed by atoms with Crippen LogP contribution >= 0.6 is 0 Å². The number of anilines is 1. The number of aromatic nitrogens is 3. The highest BCUT2D eigenvalue weighted by Gasteiger charge is 2.26. The number of hydrogen-bond acceptors (Lipinski definition) is 7. The van der Waals surface area contributed by atoms with Crippen LogP contribution in [0.4, 0.5) is 5.82 Å². The summed E-state index contributed by atoms with van der Waals surface area (Å²) in [6.45, 7) is 7.13. The van der Waals surface area contributed by atoms with Gasteiger partial charge in [0.25, 0.3) is 5.91 Å². The van der Waals surface area contributed by atoms with Crippen molar-refractivity contribution in [3.8, 4) is 5.88 Å². The predicted molar refractivity (Wildman–Crippen MR) is 117 cm³/mol. The Labute approximate surface area is 183 Å². The minimum Gasteiger partial charge on any atom is -0.481 e. The number of carbonyl (C=O) groups is 1. The standard InChI is InChI=1S/C22H32N6O3/c1-15-18(22(30-3)26(2)25-15)14-27-8-6-16(7-9-27)19-5-4-17(20(23)24-19)21(29)28-10-12-31-13-11-28/h4-5,16H,6-14H2,1-3H3,(H2,23,24). The second kappa shape index (κ2) is 9.23. The number of hydrogen-bond donors (Lipinski definition) is 1. The molecule has 2 aromatic heterocycles. The predicted octanol–water partition coefficient (Wildman–Crippen LogP) is 1.57. The summed E-state index contributed by atoms with van der Waals surface area (Å²) in [5, 5.41) is 4.48. The molecule has 31 heavy (non-hydrogen) atoms. The Kier molecular flexibility index (Phi) is 6.43. The first-order valence-corrected chi connectivity index (χ1v) is 10.9. The molecule has 2 aliphatic heterocycles. The van der Waals surface area contributed by atoms with Gasteiger partial charge >= 0.3 is 0 Å². The molecule has 0 aliphatic carbocycles. The average molecular weight is 429 g/mol. The Morgan fingerprint density at radius 3 is 2.58 bits per heavy atom. The summed E-state index contributed by atoms with van der Waals surface area (Å²) in [4.78, 5) is 21.6. The maximum Gasteiger partial charge on any atom is 0.257 e. The van der Waals surface area contributed by atoms with Gasteiger partial charge in [0.15, 0.2) is 0 Å². The van der Waals surface area contributed by atoms with Gasteiger partial charge in [-0.05, 0) is 45.0 Å². The van der Waals surface area contributed by atoms with Crippen molar-refractivity contribution in [2.45, 2.75) is 32.2 Å². The first kappa shape index (κ1) is 21.6. The van der Waals surface area contributed by atoms with Crippen molar-refractivity contribution in [2.75, 3.05) is 52.2 Å². The van der Waals surface area contributed by atoms with Crippen molar-refractivity contribution in [3.63, 3.8) is 0 Å². The summed E-state index contributed by atoms with van der Waals surface area (Å²) in [6.07, 6.45) is 2.01. The van der Waals surface area contributed by atoms with E-state index in [1.807, 2.05) is 26.1 Å². The summed E-state index contributed by atoms with van der Waals surface area (Å²) in [5.74, 6) is 1.44. The molecule has 2 aliphatic rings. The lowest BCUT2D eigenvalue weighted by Crippen LogP contribution is -2.41. The number of aryl methyl sites for hydroxylation is 2. The smallest absolute Gasteiger partial charge is 0.257 e. The van der Waals surface area contributed by atoms with Gasteiger partial charge in [0, 0.05) is 38.3 Å². The zero-order valence-corrected chi connectivity index (χ0v) is 18.6. The van der Waals surface area contributed by atoms with E-state index < -0.39 is 0 Å². The molecule has 9 nitrogen and oxygen atoms in total. The molecule has 168 valence electrons. The summed E-state index contributed by atoms with van der Waals surface area (Å²) >= 11 is 0. The van der Waals surface area contributed by atoms with Gasteiger partial charge in [0.05, 0.1) is 37.1 Å². The van der Waals surface area contributed by atoms with E-state index in [9.17, 15) is 4.79 Å². The van der Waals surface area contributed by atoms with Crippen LogP contribution < -0.4 is 10.5 Å². The number of ether oxygens (including phenoxy) is 2. The van der Waals surface area contributed by atoms with Crippen LogP contribution in [0.5, 0.6) is 5.88 Å². The summed E-state index contributed by atoms with van der Waals surface area (Å²) < 4.78 is 12.6. The molecule has 2 N–H and O–H groups in total. The highest BCUT2D eigenvalue weighted by Crippen LogP contribution is 2.30. The number of amides is 1. The quantitative estimate of drug-likeness (QED) is 0.772. The highest BCUT2D eigenvalue weighted by molar-refractivity contribution is 5.98. The Morgan fingerprint density at radius 1 is 1.23 bits per heavy atom. The van der Waals surface area contributed by atoms with Crippen LogP contribution in [0.15, 0.2) is 12.1 Å². The van der Waals surface area contributed by atoms with E-state index in [1.165, 1.54) is 0 Å². The van der Waals surface area contributed by atoms with E-state index in [4.69, 9.17) is 15.2 Å². The molecule has 0 bridgehead atoms. The van der Waals surface area contributed by atoms with Gasteiger partial charge in [-0.3, -0.25) is 9.69 Å². The third-order valence-corrected chi connectivity index (χ3v) is 6.34. The Morgan fingerprint density at radius 2 is 1.94 bits per heavy atom. The average Bonchev–Trinajstić information content (AvgIpc) is 3.06. The van der Waals surface area contributed by atoms with E-state index in [2.05, 4.69) is 15.0 Å². The normalized spacial score (nSPS) is 18.4. The van der Waals surface area contributed by atoms with Crippen LogP contribution in [-0.4, -0.2) is 77.0 Å². The number of nitrogens with two attached hydrogens (primary N) is 1. The molecular weight excluding hydrogens is 396 g/mol. The third kappa shape index (κ3) is 4.52. The van der Waals surface area contributed by atoms with Crippen molar-refractivity contribution in [1.29, 1.82) is 0 Å². The molecule has 2 aromatic rings. The van der Waals surface area contributed by atoms with Crippen molar-refractivity contribution >= 4 is 11.7 Å². The number of nitrogens with zero attached hydrogens (tertiary/aromatic N) is 5. The minimum atomic E-state index is -0.0598.